The van der Waals surface area contributed by atoms with Crippen molar-refractivity contribution in [3.05, 3.63) is 29.5 Å². The van der Waals surface area contributed by atoms with E-state index >= 15 is 0 Å². The Morgan fingerprint density at radius 3 is 3.28 bits per heavy atom. The summed E-state index contributed by atoms with van der Waals surface area (Å²) in [7, 11) is 0. The molecule has 4 nitrogen and oxygen atoms in total. The number of rotatable bonds is 4. The Bertz CT molecular complexity index is 494. The topological polar surface area (TPSA) is 55.3 Å². The van der Waals surface area contributed by atoms with Crippen molar-refractivity contribution < 1.29 is 4.42 Å². The van der Waals surface area contributed by atoms with Crippen LogP contribution in [0, 0.1) is 0 Å². The van der Waals surface area contributed by atoms with Crippen molar-refractivity contribution >= 4 is 11.3 Å². The van der Waals surface area contributed by atoms with E-state index < -0.39 is 0 Å². The van der Waals surface area contributed by atoms with Gasteiger partial charge in [0.15, 0.2) is 10.8 Å². The largest absolute Gasteiger partial charge is 0.462 e. The Hall–Kier alpha value is -1.17. The van der Waals surface area contributed by atoms with Crippen molar-refractivity contribution in [3.63, 3.8) is 0 Å². The fraction of sp³-hybridized carbons (Fsp3) is 0.462. The van der Waals surface area contributed by atoms with Gasteiger partial charge < -0.3 is 10.2 Å². The summed E-state index contributed by atoms with van der Waals surface area (Å²) in [6.07, 6.45) is 4.14. The normalized spacial score (nSPS) is 20.6. The first kappa shape index (κ1) is 11.9. The fourth-order valence-corrected chi connectivity index (χ4v) is 3.25. The molecule has 1 unspecified atom stereocenters. The summed E-state index contributed by atoms with van der Waals surface area (Å²) in [5.74, 6) is 0.850. The van der Waals surface area contributed by atoms with Gasteiger partial charge >= 0.3 is 0 Å². The molecule has 3 heterocycles. The molecule has 1 aliphatic heterocycles. The van der Waals surface area contributed by atoms with Crippen LogP contribution >= 0.6 is 11.3 Å². The molecule has 0 aliphatic carbocycles. The molecule has 2 aromatic rings. The Kier molecular flexibility index (Phi) is 3.45. The van der Waals surface area contributed by atoms with Crippen molar-refractivity contribution in [2.45, 2.75) is 25.4 Å². The lowest BCUT2D eigenvalue weighted by molar-refractivity contribution is 0.248. The zero-order chi connectivity index (χ0) is 12.4. The standard InChI is InChI=1S/C13H17N3OS/c14-7-11-3-1-5-16(11)8-10-9-18-13(15-10)12-4-2-6-17-12/h2,4,6,9,11H,1,3,5,7-8,14H2. The molecule has 0 radical (unpaired) electrons. The van der Waals surface area contributed by atoms with E-state index in [0.717, 1.165) is 36.1 Å². The Morgan fingerprint density at radius 2 is 2.50 bits per heavy atom. The van der Waals surface area contributed by atoms with Crippen LogP contribution in [0.3, 0.4) is 0 Å². The molecule has 18 heavy (non-hydrogen) atoms. The Balaban J connectivity index is 1.70. The zero-order valence-electron chi connectivity index (χ0n) is 10.2. The monoisotopic (exact) mass is 263 g/mol. The highest BCUT2D eigenvalue weighted by Crippen LogP contribution is 2.26. The number of aromatic nitrogens is 1. The molecule has 0 spiro atoms. The van der Waals surface area contributed by atoms with E-state index in [1.54, 1.807) is 17.6 Å². The van der Waals surface area contributed by atoms with Crippen LogP contribution in [0.15, 0.2) is 28.2 Å². The van der Waals surface area contributed by atoms with Gasteiger partial charge in [0.1, 0.15) is 0 Å². The molecular formula is C13H17N3OS. The van der Waals surface area contributed by atoms with Crippen LogP contribution in [-0.2, 0) is 6.54 Å². The summed E-state index contributed by atoms with van der Waals surface area (Å²) in [6.45, 7) is 2.78. The van der Waals surface area contributed by atoms with Gasteiger partial charge in [0, 0.05) is 24.5 Å². The van der Waals surface area contributed by atoms with E-state index in [-0.39, 0.29) is 0 Å². The number of thiazole rings is 1. The van der Waals surface area contributed by atoms with Gasteiger partial charge in [0.2, 0.25) is 0 Å². The summed E-state index contributed by atoms with van der Waals surface area (Å²) < 4.78 is 5.36. The van der Waals surface area contributed by atoms with Crippen LogP contribution in [-0.4, -0.2) is 29.0 Å². The number of hydrogen-bond acceptors (Lipinski definition) is 5. The van der Waals surface area contributed by atoms with Crippen molar-refractivity contribution in [2.75, 3.05) is 13.1 Å². The van der Waals surface area contributed by atoms with Crippen LogP contribution in [0.4, 0.5) is 0 Å². The summed E-state index contributed by atoms with van der Waals surface area (Å²) in [4.78, 5) is 7.06. The van der Waals surface area contributed by atoms with E-state index in [4.69, 9.17) is 10.2 Å². The first-order valence-electron chi connectivity index (χ1n) is 6.29. The maximum atomic E-state index is 5.79. The molecule has 0 aromatic carbocycles. The highest BCUT2D eigenvalue weighted by atomic mass is 32.1. The number of nitrogens with zero attached hydrogens (tertiary/aromatic N) is 2. The average molecular weight is 263 g/mol. The number of likely N-dealkylation sites (tertiary alicyclic amines) is 1. The predicted molar refractivity (Wildman–Crippen MR) is 72.3 cm³/mol. The van der Waals surface area contributed by atoms with Gasteiger partial charge in [-0.3, -0.25) is 4.90 Å². The SMILES string of the molecule is NCC1CCCN1Cc1csc(-c2ccco2)n1. The van der Waals surface area contributed by atoms with Gasteiger partial charge in [-0.1, -0.05) is 0 Å². The minimum absolute atomic E-state index is 0.527. The van der Waals surface area contributed by atoms with Gasteiger partial charge in [-0.25, -0.2) is 4.98 Å². The van der Waals surface area contributed by atoms with Crippen molar-refractivity contribution in [1.29, 1.82) is 0 Å². The first-order valence-corrected chi connectivity index (χ1v) is 7.17. The molecule has 5 heteroatoms. The molecule has 1 saturated heterocycles. The molecule has 2 aromatic heterocycles. The van der Waals surface area contributed by atoms with Gasteiger partial charge in [0.05, 0.1) is 12.0 Å². The Morgan fingerprint density at radius 1 is 1.56 bits per heavy atom. The van der Waals surface area contributed by atoms with Gasteiger partial charge in [0.25, 0.3) is 0 Å². The van der Waals surface area contributed by atoms with Crippen LogP contribution in [0.5, 0.6) is 0 Å². The summed E-state index contributed by atoms with van der Waals surface area (Å²) in [6, 6.07) is 4.36. The van der Waals surface area contributed by atoms with E-state index in [0.29, 0.717) is 6.04 Å². The van der Waals surface area contributed by atoms with Gasteiger partial charge in [-0.05, 0) is 31.5 Å². The van der Waals surface area contributed by atoms with Gasteiger partial charge in [-0.15, -0.1) is 11.3 Å². The zero-order valence-corrected chi connectivity index (χ0v) is 11.0. The Labute approximate surface area is 110 Å². The van der Waals surface area contributed by atoms with Crippen molar-refractivity contribution in [3.8, 4) is 10.8 Å². The second-order valence-corrected chi connectivity index (χ2v) is 5.48. The lowest BCUT2D eigenvalue weighted by atomic mass is 10.2. The first-order chi connectivity index (χ1) is 8.86. The van der Waals surface area contributed by atoms with Crippen LogP contribution in [0.25, 0.3) is 10.8 Å². The molecule has 3 rings (SSSR count). The highest BCUT2D eigenvalue weighted by molar-refractivity contribution is 7.13. The van der Waals surface area contributed by atoms with E-state index in [1.807, 2.05) is 12.1 Å². The minimum Gasteiger partial charge on any atom is -0.462 e. The molecule has 0 bridgehead atoms. The lowest BCUT2D eigenvalue weighted by Gasteiger charge is -2.21. The molecule has 1 fully saturated rings. The van der Waals surface area contributed by atoms with E-state index in [2.05, 4.69) is 15.3 Å². The second-order valence-electron chi connectivity index (χ2n) is 4.62. The molecule has 96 valence electrons. The third-order valence-electron chi connectivity index (χ3n) is 3.42. The van der Waals surface area contributed by atoms with Crippen LogP contribution in [0.1, 0.15) is 18.5 Å². The van der Waals surface area contributed by atoms with Gasteiger partial charge in [-0.2, -0.15) is 0 Å². The molecular weight excluding hydrogens is 246 g/mol. The van der Waals surface area contributed by atoms with Crippen molar-refractivity contribution in [1.82, 2.24) is 9.88 Å². The number of furan rings is 1. The fourth-order valence-electron chi connectivity index (χ4n) is 2.47. The number of hydrogen-bond donors (Lipinski definition) is 1. The average Bonchev–Trinajstić information content (AvgIpc) is 3.10. The summed E-state index contributed by atoms with van der Waals surface area (Å²) in [5.41, 5.74) is 6.90. The summed E-state index contributed by atoms with van der Waals surface area (Å²) in [5, 5.41) is 3.07. The van der Waals surface area contributed by atoms with Crippen molar-refractivity contribution in [2.24, 2.45) is 5.73 Å². The smallest absolute Gasteiger partial charge is 0.162 e. The molecule has 1 aliphatic rings. The third-order valence-corrected chi connectivity index (χ3v) is 4.33. The quantitative estimate of drug-likeness (QED) is 0.919. The molecule has 0 saturated carbocycles. The maximum Gasteiger partial charge on any atom is 0.162 e. The van der Waals surface area contributed by atoms with Crippen LogP contribution < -0.4 is 5.73 Å². The maximum absolute atomic E-state index is 5.79. The predicted octanol–water partition coefficient (Wildman–Crippen LogP) is 2.33. The number of nitrogens with two attached hydrogens (primary N) is 1. The molecule has 2 N–H and O–H groups in total. The molecule has 1 atom stereocenters. The molecule has 0 amide bonds. The second kappa shape index (κ2) is 5.22. The summed E-state index contributed by atoms with van der Waals surface area (Å²) >= 11 is 1.64. The van der Waals surface area contributed by atoms with Crippen LogP contribution in [0.2, 0.25) is 0 Å². The third kappa shape index (κ3) is 2.34. The minimum atomic E-state index is 0.527. The van der Waals surface area contributed by atoms with E-state index in [1.165, 1.54) is 12.8 Å². The highest BCUT2D eigenvalue weighted by Gasteiger charge is 2.23. The van der Waals surface area contributed by atoms with E-state index in [9.17, 15) is 0 Å². The lowest BCUT2D eigenvalue weighted by Crippen LogP contribution is -2.34.